The van der Waals surface area contributed by atoms with E-state index in [0.717, 1.165) is 66.6 Å². The van der Waals surface area contributed by atoms with E-state index in [1.54, 1.807) is 18.4 Å². The number of methoxy groups -OCH3 is 1. The number of fused-ring (bicyclic) bond motifs is 3. The quantitative estimate of drug-likeness (QED) is 0.397. The lowest BCUT2D eigenvalue weighted by atomic mass is 9.97. The number of rotatable bonds is 6. The van der Waals surface area contributed by atoms with Crippen molar-refractivity contribution >= 4 is 44.9 Å². The summed E-state index contributed by atoms with van der Waals surface area (Å²) in [5.74, 6) is 0.842. The second kappa shape index (κ2) is 9.27. The van der Waals surface area contributed by atoms with Crippen molar-refractivity contribution in [2.45, 2.75) is 62.6 Å². The Kier molecular flexibility index (Phi) is 6.24. The number of carbonyl (C=O) groups excluding carboxylic acids is 1. The molecule has 0 atom stereocenters. The summed E-state index contributed by atoms with van der Waals surface area (Å²) in [4.78, 5) is 33.4. The first-order valence-corrected chi connectivity index (χ1v) is 13.1. The van der Waals surface area contributed by atoms with Crippen molar-refractivity contribution in [3.8, 4) is 5.75 Å². The summed E-state index contributed by atoms with van der Waals surface area (Å²) in [5, 5.41) is 4.43. The molecule has 0 saturated heterocycles. The summed E-state index contributed by atoms with van der Waals surface area (Å²) in [6.07, 6.45) is 8.64. The molecule has 0 spiro atoms. The number of carbonyl (C=O) groups is 1. The van der Waals surface area contributed by atoms with Crippen LogP contribution in [0.3, 0.4) is 0 Å². The molecule has 1 amide bonds. The van der Waals surface area contributed by atoms with E-state index in [1.807, 2.05) is 28.8 Å². The maximum Gasteiger partial charge on any atom is 0.263 e. The van der Waals surface area contributed by atoms with E-state index in [4.69, 9.17) is 9.72 Å². The number of nitrogens with zero attached hydrogens (tertiary/aromatic N) is 2. The third-order valence-corrected chi connectivity index (χ3v) is 8.52. The van der Waals surface area contributed by atoms with Crippen LogP contribution in [0.15, 0.2) is 34.2 Å². The van der Waals surface area contributed by atoms with Crippen LogP contribution in [0.5, 0.6) is 5.75 Å². The molecule has 8 heteroatoms. The lowest BCUT2D eigenvalue weighted by Gasteiger charge is -2.18. The Balaban J connectivity index is 1.42. The molecule has 1 N–H and O–H groups in total. The van der Waals surface area contributed by atoms with Crippen molar-refractivity contribution in [3.05, 3.63) is 45.1 Å². The maximum absolute atomic E-state index is 13.7. The molecule has 2 heterocycles. The van der Waals surface area contributed by atoms with Gasteiger partial charge in [-0.2, -0.15) is 0 Å². The highest BCUT2D eigenvalue weighted by atomic mass is 32.2. The second-order valence-corrected chi connectivity index (χ2v) is 10.5. The SMILES string of the molecule is COc1ccc(NC(=O)CSc2nc3sc4c(c3c(=O)n2C2CCCC2)CCCC4)cc1. The highest BCUT2D eigenvalue weighted by Gasteiger charge is 2.27. The van der Waals surface area contributed by atoms with Crippen LogP contribution in [0.4, 0.5) is 5.69 Å². The molecule has 0 bridgehead atoms. The Morgan fingerprint density at radius 1 is 1.19 bits per heavy atom. The largest absolute Gasteiger partial charge is 0.497 e. The number of aromatic nitrogens is 2. The number of thioether (sulfide) groups is 1. The first kappa shape index (κ1) is 21.5. The van der Waals surface area contributed by atoms with Gasteiger partial charge in [-0.1, -0.05) is 24.6 Å². The van der Waals surface area contributed by atoms with Gasteiger partial charge in [0.25, 0.3) is 5.56 Å². The molecule has 2 aliphatic carbocycles. The summed E-state index contributed by atoms with van der Waals surface area (Å²) in [5.41, 5.74) is 2.05. The van der Waals surface area contributed by atoms with Crippen LogP contribution in [-0.4, -0.2) is 28.3 Å². The number of nitrogens with one attached hydrogen (secondary N) is 1. The van der Waals surface area contributed by atoms with Crippen molar-refractivity contribution in [2.24, 2.45) is 0 Å². The van der Waals surface area contributed by atoms with E-state index in [9.17, 15) is 9.59 Å². The summed E-state index contributed by atoms with van der Waals surface area (Å²) < 4.78 is 7.07. The highest BCUT2D eigenvalue weighted by molar-refractivity contribution is 7.99. The van der Waals surface area contributed by atoms with Crippen LogP contribution in [0.2, 0.25) is 0 Å². The van der Waals surface area contributed by atoms with Gasteiger partial charge in [-0.3, -0.25) is 14.2 Å². The van der Waals surface area contributed by atoms with Gasteiger partial charge in [0.05, 0.1) is 18.2 Å². The smallest absolute Gasteiger partial charge is 0.263 e. The topological polar surface area (TPSA) is 73.2 Å². The van der Waals surface area contributed by atoms with Gasteiger partial charge in [0.2, 0.25) is 5.91 Å². The van der Waals surface area contributed by atoms with E-state index in [-0.39, 0.29) is 23.3 Å². The molecule has 5 rings (SSSR count). The first-order valence-electron chi connectivity index (χ1n) is 11.3. The Morgan fingerprint density at radius 3 is 2.69 bits per heavy atom. The zero-order chi connectivity index (χ0) is 22.1. The normalized spacial score (nSPS) is 16.3. The fraction of sp³-hybridized carbons (Fsp3) is 0.458. The molecular formula is C24H27N3O3S2. The lowest BCUT2D eigenvalue weighted by molar-refractivity contribution is -0.113. The summed E-state index contributed by atoms with van der Waals surface area (Å²) in [7, 11) is 1.61. The minimum atomic E-state index is -0.113. The number of hydrogen-bond acceptors (Lipinski definition) is 6. The number of thiophene rings is 1. The fourth-order valence-electron chi connectivity index (χ4n) is 4.79. The Morgan fingerprint density at radius 2 is 1.94 bits per heavy atom. The van der Waals surface area contributed by atoms with Gasteiger partial charge >= 0.3 is 0 Å². The minimum absolute atomic E-state index is 0.0966. The summed E-state index contributed by atoms with van der Waals surface area (Å²) >= 11 is 3.04. The zero-order valence-corrected chi connectivity index (χ0v) is 19.8. The van der Waals surface area contributed by atoms with E-state index in [0.29, 0.717) is 5.16 Å². The predicted molar refractivity (Wildman–Crippen MR) is 130 cm³/mol. The third-order valence-electron chi connectivity index (χ3n) is 6.38. The van der Waals surface area contributed by atoms with E-state index < -0.39 is 0 Å². The Hall–Kier alpha value is -2.32. The minimum Gasteiger partial charge on any atom is -0.497 e. The van der Waals surface area contributed by atoms with Crippen molar-refractivity contribution in [3.63, 3.8) is 0 Å². The number of benzene rings is 1. The lowest BCUT2D eigenvalue weighted by Crippen LogP contribution is -2.27. The molecule has 1 fully saturated rings. The van der Waals surface area contributed by atoms with Crippen molar-refractivity contribution in [1.82, 2.24) is 9.55 Å². The van der Waals surface area contributed by atoms with Crippen LogP contribution in [0.1, 0.15) is 55.0 Å². The van der Waals surface area contributed by atoms with Crippen LogP contribution < -0.4 is 15.6 Å². The average Bonchev–Trinajstić information content (AvgIpc) is 3.46. The number of amides is 1. The monoisotopic (exact) mass is 469 g/mol. The maximum atomic E-state index is 13.7. The van der Waals surface area contributed by atoms with Gasteiger partial charge in [-0.15, -0.1) is 11.3 Å². The molecule has 2 aliphatic rings. The molecule has 6 nitrogen and oxygen atoms in total. The molecule has 0 unspecified atom stereocenters. The second-order valence-electron chi connectivity index (χ2n) is 8.46. The predicted octanol–water partition coefficient (Wildman–Crippen LogP) is 5.19. The van der Waals surface area contributed by atoms with Crippen LogP contribution in [0, 0.1) is 0 Å². The molecule has 2 aromatic heterocycles. The number of ether oxygens (including phenoxy) is 1. The number of aryl methyl sites for hydroxylation is 2. The summed E-state index contributed by atoms with van der Waals surface area (Å²) in [6, 6.07) is 7.45. The molecule has 0 aliphatic heterocycles. The van der Waals surface area contributed by atoms with Crippen molar-refractivity contribution < 1.29 is 9.53 Å². The van der Waals surface area contributed by atoms with Gasteiger partial charge in [0.15, 0.2) is 5.16 Å². The zero-order valence-electron chi connectivity index (χ0n) is 18.2. The molecule has 1 saturated carbocycles. The molecule has 32 heavy (non-hydrogen) atoms. The van der Waals surface area contributed by atoms with Gasteiger partial charge in [0.1, 0.15) is 10.6 Å². The molecule has 168 valence electrons. The first-order chi connectivity index (χ1) is 15.6. The Labute approximate surface area is 195 Å². The highest BCUT2D eigenvalue weighted by Crippen LogP contribution is 2.37. The molecular weight excluding hydrogens is 442 g/mol. The molecule has 0 radical (unpaired) electrons. The van der Waals surface area contributed by atoms with Crippen molar-refractivity contribution in [1.29, 1.82) is 0 Å². The summed E-state index contributed by atoms with van der Waals surface area (Å²) in [6.45, 7) is 0. The van der Waals surface area contributed by atoms with Gasteiger partial charge in [-0.25, -0.2) is 4.98 Å². The standard InChI is InChI=1S/C24H27N3O3S2/c1-30-17-12-10-15(11-13-17)25-20(28)14-31-24-26-22-21(18-8-4-5-9-19(18)32-22)23(29)27(24)16-6-2-3-7-16/h10-13,16H,2-9,14H2,1H3,(H,25,28). The third kappa shape index (κ3) is 4.18. The Bertz CT molecular complexity index is 1190. The average molecular weight is 470 g/mol. The van der Waals surface area contributed by atoms with Gasteiger partial charge < -0.3 is 10.1 Å². The number of hydrogen-bond donors (Lipinski definition) is 1. The van der Waals surface area contributed by atoms with Crippen LogP contribution in [-0.2, 0) is 17.6 Å². The van der Waals surface area contributed by atoms with E-state index >= 15 is 0 Å². The van der Waals surface area contributed by atoms with Crippen LogP contribution in [0.25, 0.3) is 10.2 Å². The number of anilines is 1. The molecule has 3 aromatic rings. The van der Waals surface area contributed by atoms with Gasteiger partial charge in [0, 0.05) is 16.6 Å². The fourth-order valence-corrected chi connectivity index (χ4v) is 6.96. The molecule has 1 aromatic carbocycles. The van der Waals surface area contributed by atoms with Crippen molar-refractivity contribution in [2.75, 3.05) is 18.2 Å². The van der Waals surface area contributed by atoms with E-state index in [1.165, 1.54) is 28.6 Å². The van der Waals surface area contributed by atoms with Gasteiger partial charge in [-0.05, 0) is 68.4 Å². The van der Waals surface area contributed by atoms with Crippen LogP contribution >= 0.6 is 23.1 Å². The van der Waals surface area contributed by atoms with E-state index in [2.05, 4.69) is 5.32 Å².